The van der Waals surface area contributed by atoms with Gasteiger partial charge in [-0.25, -0.2) is 0 Å². The molecule has 0 aromatic carbocycles. The summed E-state index contributed by atoms with van der Waals surface area (Å²) in [5.41, 5.74) is 5.81. The second-order valence-electron chi connectivity index (χ2n) is 6.08. The Labute approximate surface area is 139 Å². The number of fused-ring (bicyclic) bond motifs is 1. The number of ketones is 1. The maximum absolute atomic E-state index is 12.4. The summed E-state index contributed by atoms with van der Waals surface area (Å²) in [4.78, 5) is 43.1. The molecule has 0 aromatic heterocycles. The van der Waals surface area contributed by atoms with E-state index < -0.39 is 12.1 Å². The smallest absolute Gasteiger partial charge is 0.259 e. The molecule has 0 radical (unpaired) electrons. The number of nitrogens with two attached hydrogens (primary N) is 1. The Morgan fingerprint density at radius 3 is 2.87 bits per heavy atom. The van der Waals surface area contributed by atoms with Crippen molar-refractivity contribution in [2.45, 2.75) is 37.6 Å². The van der Waals surface area contributed by atoms with Crippen LogP contribution in [0.3, 0.4) is 0 Å². The molecule has 7 nitrogen and oxygen atoms in total. The molecular formula is C14H19BN4O3S. The predicted molar refractivity (Wildman–Crippen MR) is 90.3 cm³/mol. The summed E-state index contributed by atoms with van der Waals surface area (Å²) in [7, 11) is 0. The van der Waals surface area contributed by atoms with Crippen molar-refractivity contribution in [1.82, 2.24) is 10.1 Å². The molecule has 3 heterocycles. The zero-order valence-electron chi connectivity index (χ0n) is 12.8. The number of hydrogen-bond acceptors (Lipinski definition) is 6. The first-order valence-corrected chi connectivity index (χ1v) is 8.57. The summed E-state index contributed by atoms with van der Waals surface area (Å²) in [5.74, 6) is -0.666. The van der Waals surface area contributed by atoms with Crippen LogP contribution in [0.1, 0.15) is 12.8 Å². The lowest BCUT2D eigenvalue weighted by atomic mass is 9.53. The Kier molecular flexibility index (Phi) is 4.58. The second kappa shape index (κ2) is 6.49. The van der Waals surface area contributed by atoms with Crippen LogP contribution in [0.2, 0.25) is 12.6 Å². The fourth-order valence-electron chi connectivity index (χ4n) is 3.31. The number of rotatable bonds is 4. The van der Waals surface area contributed by atoms with Crippen molar-refractivity contribution in [2.24, 2.45) is 10.7 Å². The van der Waals surface area contributed by atoms with Gasteiger partial charge in [-0.1, -0.05) is 31.0 Å². The van der Waals surface area contributed by atoms with E-state index in [1.165, 1.54) is 11.8 Å². The van der Waals surface area contributed by atoms with Gasteiger partial charge in [-0.3, -0.25) is 19.4 Å². The highest BCUT2D eigenvalue weighted by Gasteiger charge is 2.47. The third kappa shape index (κ3) is 3.21. The summed E-state index contributed by atoms with van der Waals surface area (Å²) in [6.07, 6.45) is 2.95. The highest BCUT2D eigenvalue weighted by molar-refractivity contribution is 8.19. The Balaban J connectivity index is 1.57. The fourth-order valence-corrected chi connectivity index (χ4v) is 4.03. The second-order valence-corrected chi connectivity index (χ2v) is 7.25. The number of nitrogens with zero attached hydrogens (tertiary/aromatic N) is 2. The summed E-state index contributed by atoms with van der Waals surface area (Å²) >= 11 is 1.25. The first-order chi connectivity index (χ1) is 11.0. The molecular weight excluding hydrogens is 315 g/mol. The Morgan fingerprint density at radius 2 is 2.17 bits per heavy atom. The van der Waals surface area contributed by atoms with Crippen molar-refractivity contribution in [3.8, 4) is 0 Å². The van der Waals surface area contributed by atoms with Gasteiger partial charge in [0.05, 0.1) is 25.2 Å². The molecule has 2 atom stereocenters. The Hall–Kier alpha value is -1.61. The van der Waals surface area contributed by atoms with Crippen LogP contribution in [0.4, 0.5) is 0 Å². The molecule has 1 unspecified atom stereocenters. The van der Waals surface area contributed by atoms with Gasteiger partial charge in [0.2, 0.25) is 17.6 Å². The zero-order chi connectivity index (χ0) is 16.6. The summed E-state index contributed by atoms with van der Waals surface area (Å²) < 4.78 is 0. The SMILES string of the molecule is C=C1CN=C(C(=O)CNC(=O)[C@@H]2CCB3CCC(N)C(=O)N32)S1. The van der Waals surface area contributed by atoms with E-state index in [-0.39, 0.29) is 31.0 Å². The van der Waals surface area contributed by atoms with Crippen LogP contribution in [-0.4, -0.2) is 59.5 Å². The van der Waals surface area contributed by atoms with Crippen LogP contribution >= 0.6 is 11.8 Å². The molecule has 0 bridgehead atoms. The minimum Gasteiger partial charge on any atom is -0.374 e. The molecule has 0 spiro atoms. The van der Waals surface area contributed by atoms with E-state index in [9.17, 15) is 14.4 Å². The molecule has 122 valence electrons. The van der Waals surface area contributed by atoms with Gasteiger partial charge < -0.3 is 15.9 Å². The van der Waals surface area contributed by atoms with Gasteiger partial charge in [-0.2, -0.15) is 0 Å². The number of hydrogen-bond donors (Lipinski definition) is 2. The predicted octanol–water partition coefficient (Wildman–Crippen LogP) is -0.346. The van der Waals surface area contributed by atoms with Gasteiger partial charge in [-0.05, 0) is 12.8 Å². The highest BCUT2D eigenvalue weighted by atomic mass is 32.2. The monoisotopic (exact) mass is 334 g/mol. The lowest BCUT2D eigenvalue weighted by Crippen LogP contribution is -2.58. The molecule has 3 aliphatic heterocycles. The van der Waals surface area contributed by atoms with Crippen LogP contribution < -0.4 is 11.1 Å². The third-order valence-corrected chi connectivity index (χ3v) is 5.46. The van der Waals surface area contributed by atoms with E-state index in [1.807, 2.05) is 0 Å². The van der Waals surface area contributed by atoms with Crippen molar-refractivity contribution in [3.05, 3.63) is 11.5 Å². The molecule has 2 fully saturated rings. The molecule has 0 aromatic rings. The van der Waals surface area contributed by atoms with E-state index in [4.69, 9.17) is 5.73 Å². The molecule has 2 saturated heterocycles. The van der Waals surface area contributed by atoms with Gasteiger partial charge in [0.1, 0.15) is 5.04 Å². The van der Waals surface area contributed by atoms with Crippen LogP contribution in [0.25, 0.3) is 0 Å². The average molecular weight is 334 g/mol. The van der Waals surface area contributed by atoms with Gasteiger partial charge in [-0.15, -0.1) is 0 Å². The largest absolute Gasteiger partial charge is 0.374 e. The minimum absolute atomic E-state index is 0.104. The van der Waals surface area contributed by atoms with E-state index in [0.29, 0.717) is 24.4 Å². The lowest BCUT2D eigenvalue weighted by molar-refractivity contribution is -0.136. The highest BCUT2D eigenvalue weighted by Crippen LogP contribution is 2.30. The molecule has 3 aliphatic rings. The van der Waals surface area contributed by atoms with E-state index in [2.05, 4.69) is 16.9 Å². The molecule has 0 aliphatic carbocycles. The Bertz CT molecular complexity index is 609. The molecule has 2 amide bonds. The lowest BCUT2D eigenvalue weighted by Gasteiger charge is -2.35. The summed E-state index contributed by atoms with van der Waals surface area (Å²) in [5, 5.41) is 3.02. The van der Waals surface area contributed by atoms with Gasteiger partial charge in [0, 0.05) is 4.91 Å². The first-order valence-electron chi connectivity index (χ1n) is 7.76. The molecule has 3 N–H and O–H groups in total. The van der Waals surface area contributed by atoms with Gasteiger partial charge in [0.25, 0.3) is 6.85 Å². The van der Waals surface area contributed by atoms with E-state index in [1.54, 1.807) is 4.81 Å². The van der Waals surface area contributed by atoms with Crippen LogP contribution in [0.15, 0.2) is 16.5 Å². The molecule has 0 saturated carbocycles. The average Bonchev–Trinajstić information content (AvgIpc) is 3.15. The summed E-state index contributed by atoms with van der Waals surface area (Å²) in [6, 6.07) is -1.03. The standard InChI is InChI=1S/C14H19BN4O3S/c1-8-6-18-13(23-8)11(20)7-17-12(21)10-3-5-15-4-2-9(16)14(22)19(10)15/h9-10H,1-7,16H2,(H,17,21)/t9?,10-/m0/s1. The Morgan fingerprint density at radius 1 is 1.43 bits per heavy atom. The maximum atomic E-state index is 12.4. The van der Waals surface area contributed by atoms with Crippen LogP contribution in [0.5, 0.6) is 0 Å². The quantitative estimate of drug-likeness (QED) is 0.684. The van der Waals surface area contributed by atoms with Crippen LogP contribution in [-0.2, 0) is 14.4 Å². The number of carbonyl (C=O) groups excluding carboxylic acids is 3. The normalized spacial score (nSPS) is 27.1. The molecule has 9 heteroatoms. The molecule has 23 heavy (non-hydrogen) atoms. The maximum Gasteiger partial charge on any atom is 0.259 e. The van der Waals surface area contributed by atoms with Gasteiger partial charge in [0.15, 0.2) is 0 Å². The number of thioether (sulfide) groups is 1. The first kappa shape index (κ1) is 16.3. The zero-order valence-corrected chi connectivity index (χ0v) is 13.6. The van der Waals surface area contributed by atoms with Crippen molar-refractivity contribution in [3.63, 3.8) is 0 Å². The number of Topliss-reactive ketones (excluding diaryl/α,β-unsaturated/α-hetero) is 1. The van der Waals surface area contributed by atoms with Gasteiger partial charge >= 0.3 is 0 Å². The van der Waals surface area contributed by atoms with Crippen LogP contribution in [0, 0.1) is 0 Å². The van der Waals surface area contributed by atoms with Crippen molar-refractivity contribution >= 4 is 41.3 Å². The van der Waals surface area contributed by atoms with Crippen molar-refractivity contribution < 1.29 is 14.4 Å². The minimum atomic E-state index is -0.517. The van der Waals surface area contributed by atoms with Crippen molar-refractivity contribution in [2.75, 3.05) is 13.1 Å². The third-order valence-electron chi connectivity index (χ3n) is 4.49. The van der Waals surface area contributed by atoms with Crippen molar-refractivity contribution in [1.29, 1.82) is 0 Å². The number of amides is 2. The molecule has 3 rings (SSSR count). The number of carbonyl (C=O) groups is 3. The van der Waals surface area contributed by atoms with E-state index in [0.717, 1.165) is 17.5 Å². The number of nitrogens with one attached hydrogen (secondary N) is 1. The van der Waals surface area contributed by atoms with E-state index >= 15 is 0 Å². The fraction of sp³-hybridized carbons (Fsp3) is 0.571. The number of aliphatic imine (C=N–C) groups is 1. The summed E-state index contributed by atoms with van der Waals surface area (Å²) in [6.45, 7) is 4.21. The topological polar surface area (TPSA) is 105 Å².